The van der Waals surface area contributed by atoms with E-state index in [1.54, 1.807) is 0 Å². The molecule has 0 amide bonds. The minimum atomic E-state index is -0.910. The summed E-state index contributed by atoms with van der Waals surface area (Å²) < 4.78 is 4.66. The number of thioether (sulfide) groups is 1. The van der Waals surface area contributed by atoms with Gasteiger partial charge in [0.2, 0.25) is 0 Å². The summed E-state index contributed by atoms with van der Waals surface area (Å²) in [6.07, 6.45) is 2.15. The van der Waals surface area contributed by atoms with E-state index in [9.17, 15) is 25.0 Å². The largest absolute Gasteiger partial charge is 0.467 e. The van der Waals surface area contributed by atoms with Crippen molar-refractivity contribution in [3.63, 3.8) is 0 Å². The van der Waals surface area contributed by atoms with E-state index < -0.39 is 33.2 Å². The first-order valence-corrected chi connectivity index (χ1v) is 7.98. The van der Waals surface area contributed by atoms with Crippen LogP contribution in [0.25, 0.3) is 0 Å². The Bertz CT molecular complexity index is 587. The molecule has 9 nitrogen and oxygen atoms in total. The van der Waals surface area contributed by atoms with Gasteiger partial charge >= 0.3 is 5.97 Å². The average Bonchev–Trinajstić information content (AvgIpc) is 2.50. The molecule has 0 unspecified atom stereocenters. The number of nitro groups is 2. The van der Waals surface area contributed by atoms with E-state index >= 15 is 0 Å². The summed E-state index contributed by atoms with van der Waals surface area (Å²) in [7, 11) is 1.19. The molecule has 23 heavy (non-hydrogen) atoms. The van der Waals surface area contributed by atoms with Crippen molar-refractivity contribution in [1.29, 1.82) is 0 Å². The molecule has 1 rings (SSSR count). The Morgan fingerprint density at radius 1 is 1.30 bits per heavy atom. The van der Waals surface area contributed by atoms with E-state index in [1.165, 1.54) is 37.9 Å². The summed E-state index contributed by atoms with van der Waals surface area (Å²) in [5.41, 5.74) is -0.806. The number of rotatable bonds is 8. The third-order valence-corrected chi connectivity index (χ3v) is 3.69. The van der Waals surface area contributed by atoms with Crippen LogP contribution in [-0.4, -0.2) is 41.0 Å². The van der Waals surface area contributed by atoms with Crippen LogP contribution in [0.3, 0.4) is 0 Å². The minimum absolute atomic E-state index is 0.290. The molecule has 1 N–H and O–H groups in total. The number of nitrogens with zero attached hydrogens (tertiary/aromatic N) is 2. The number of benzene rings is 1. The molecule has 0 bridgehead atoms. The summed E-state index contributed by atoms with van der Waals surface area (Å²) in [5, 5.41) is 25.0. The minimum Gasteiger partial charge on any atom is -0.467 e. The Morgan fingerprint density at radius 2 is 1.83 bits per heavy atom. The first-order valence-electron chi connectivity index (χ1n) is 6.58. The Kier molecular flexibility index (Phi) is 6.76. The molecule has 0 aliphatic carbocycles. The van der Waals surface area contributed by atoms with Crippen molar-refractivity contribution in [2.75, 3.05) is 24.4 Å². The maximum absolute atomic E-state index is 11.8. The van der Waals surface area contributed by atoms with Gasteiger partial charge in [-0.05, 0) is 30.9 Å². The quantitative estimate of drug-likeness (QED) is 0.433. The predicted molar refractivity (Wildman–Crippen MR) is 86.9 cm³/mol. The summed E-state index contributed by atoms with van der Waals surface area (Å²) in [4.78, 5) is 32.8. The summed E-state index contributed by atoms with van der Waals surface area (Å²) in [6, 6.07) is 1.53. The molecule has 0 saturated heterocycles. The smallest absolute Gasteiger partial charge is 0.328 e. The second kappa shape index (κ2) is 8.32. The van der Waals surface area contributed by atoms with E-state index in [1.807, 2.05) is 6.26 Å². The number of aryl methyl sites for hydroxylation is 1. The van der Waals surface area contributed by atoms with E-state index in [4.69, 9.17) is 0 Å². The molecule has 1 atom stereocenters. The number of hydrogen-bond donors (Lipinski definition) is 1. The topological polar surface area (TPSA) is 125 Å². The Hall–Kier alpha value is -2.36. The van der Waals surface area contributed by atoms with Gasteiger partial charge in [0.1, 0.15) is 6.04 Å². The fourth-order valence-electron chi connectivity index (χ4n) is 1.99. The third kappa shape index (κ3) is 4.81. The van der Waals surface area contributed by atoms with Gasteiger partial charge in [0.05, 0.1) is 17.0 Å². The number of nitro benzene ring substituents is 2. The molecule has 1 aromatic rings. The molecule has 0 fully saturated rings. The Morgan fingerprint density at radius 3 is 2.22 bits per heavy atom. The average molecular weight is 343 g/mol. The number of methoxy groups -OCH3 is 1. The summed E-state index contributed by atoms with van der Waals surface area (Å²) in [5.74, 6) is -0.0524. The molecule has 0 saturated carbocycles. The zero-order valence-corrected chi connectivity index (χ0v) is 13.7. The maximum Gasteiger partial charge on any atom is 0.328 e. The third-order valence-electron chi connectivity index (χ3n) is 3.05. The van der Waals surface area contributed by atoms with Crippen molar-refractivity contribution in [2.24, 2.45) is 0 Å². The SMILES string of the molecule is COC(=O)[C@@H](CCSC)Nc1c([N+](=O)[O-])cc(C)cc1[N+](=O)[O-]. The fourth-order valence-corrected chi connectivity index (χ4v) is 2.46. The molecule has 0 aliphatic heterocycles. The van der Waals surface area contributed by atoms with Crippen LogP contribution in [-0.2, 0) is 9.53 Å². The van der Waals surface area contributed by atoms with Gasteiger partial charge in [0.15, 0.2) is 5.69 Å². The lowest BCUT2D eigenvalue weighted by Gasteiger charge is -2.17. The summed E-state index contributed by atoms with van der Waals surface area (Å²) >= 11 is 1.48. The van der Waals surface area contributed by atoms with Crippen LogP contribution in [0.1, 0.15) is 12.0 Å². The Labute approximate surface area is 136 Å². The second-order valence-electron chi connectivity index (χ2n) is 4.69. The highest BCUT2D eigenvalue weighted by atomic mass is 32.2. The van der Waals surface area contributed by atoms with Crippen molar-refractivity contribution in [2.45, 2.75) is 19.4 Å². The first-order chi connectivity index (χ1) is 10.8. The standard InChI is InChI=1S/C13H17N3O6S/c1-8-6-10(15(18)19)12(11(7-8)16(20)21)14-9(4-5-23-3)13(17)22-2/h6-7,9,14H,4-5H2,1-3H3/t9-/m1/s1. The maximum atomic E-state index is 11.8. The van der Waals surface area contributed by atoms with Crippen LogP contribution in [0.15, 0.2) is 12.1 Å². The van der Waals surface area contributed by atoms with E-state index in [0.717, 1.165) is 0 Å². The number of ether oxygens (including phenoxy) is 1. The van der Waals surface area contributed by atoms with Crippen LogP contribution in [0.2, 0.25) is 0 Å². The van der Waals surface area contributed by atoms with Crippen molar-refractivity contribution >= 4 is 34.8 Å². The van der Waals surface area contributed by atoms with Crippen molar-refractivity contribution in [1.82, 2.24) is 0 Å². The van der Waals surface area contributed by atoms with Gasteiger partial charge in [-0.15, -0.1) is 0 Å². The van der Waals surface area contributed by atoms with Gasteiger partial charge < -0.3 is 10.1 Å². The molecule has 0 spiro atoms. The highest BCUT2D eigenvalue weighted by Crippen LogP contribution is 2.36. The van der Waals surface area contributed by atoms with Gasteiger partial charge in [-0.3, -0.25) is 20.2 Å². The van der Waals surface area contributed by atoms with E-state index in [2.05, 4.69) is 10.1 Å². The molecule has 0 aliphatic rings. The number of anilines is 1. The van der Waals surface area contributed by atoms with Crippen molar-refractivity contribution in [3.05, 3.63) is 37.9 Å². The molecule has 0 aromatic heterocycles. The monoisotopic (exact) mass is 343 g/mol. The highest BCUT2D eigenvalue weighted by Gasteiger charge is 2.30. The lowest BCUT2D eigenvalue weighted by Crippen LogP contribution is -2.32. The van der Waals surface area contributed by atoms with Gasteiger partial charge in [0.25, 0.3) is 11.4 Å². The zero-order chi connectivity index (χ0) is 17.6. The highest BCUT2D eigenvalue weighted by molar-refractivity contribution is 7.98. The lowest BCUT2D eigenvalue weighted by atomic mass is 10.1. The first kappa shape index (κ1) is 18.7. The number of carbonyl (C=O) groups excluding carboxylic acids is 1. The van der Waals surface area contributed by atoms with Crippen molar-refractivity contribution in [3.8, 4) is 0 Å². The van der Waals surface area contributed by atoms with Crippen molar-refractivity contribution < 1.29 is 19.4 Å². The van der Waals surface area contributed by atoms with Gasteiger partial charge in [-0.2, -0.15) is 11.8 Å². The number of carbonyl (C=O) groups is 1. The lowest BCUT2D eigenvalue weighted by molar-refractivity contribution is -0.392. The number of hydrogen-bond acceptors (Lipinski definition) is 8. The molecule has 126 valence electrons. The second-order valence-corrected chi connectivity index (χ2v) is 5.68. The van der Waals surface area contributed by atoms with Gasteiger partial charge in [-0.25, -0.2) is 4.79 Å². The normalized spacial score (nSPS) is 11.6. The van der Waals surface area contributed by atoms with E-state index in [-0.39, 0.29) is 5.69 Å². The zero-order valence-electron chi connectivity index (χ0n) is 12.9. The van der Waals surface area contributed by atoms with Crippen LogP contribution in [0, 0.1) is 27.2 Å². The fraction of sp³-hybridized carbons (Fsp3) is 0.462. The van der Waals surface area contributed by atoms with Crippen LogP contribution < -0.4 is 5.32 Å². The molecule has 10 heteroatoms. The van der Waals surface area contributed by atoms with Gasteiger partial charge in [0, 0.05) is 12.1 Å². The predicted octanol–water partition coefficient (Wildman–Crippen LogP) is 2.52. The van der Waals surface area contributed by atoms with Gasteiger partial charge in [-0.1, -0.05) is 0 Å². The van der Waals surface area contributed by atoms with Crippen LogP contribution in [0.4, 0.5) is 17.1 Å². The van der Waals surface area contributed by atoms with Crippen LogP contribution in [0.5, 0.6) is 0 Å². The number of esters is 1. The summed E-state index contributed by atoms with van der Waals surface area (Å²) in [6.45, 7) is 1.52. The van der Waals surface area contributed by atoms with E-state index in [0.29, 0.717) is 17.7 Å². The number of nitrogens with one attached hydrogen (secondary N) is 1. The van der Waals surface area contributed by atoms with Crippen LogP contribution >= 0.6 is 11.8 Å². The molecular weight excluding hydrogens is 326 g/mol. The molecule has 0 heterocycles. The molecule has 1 aromatic carbocycles. The molecular formula is C13H17N3O6S. The Balaban J connectivity index is 3.34. The molecule has 0 radical (unpaired) electrons.